The Bertz CT molecular complexity index is 456. The third-order valence-electron chi connectivity index (χ3n) is 3.09. The molecule has 1 aliphatic rings. The smallest absolute Gasteiger partial charge is 0.0867 e. The van der Waals surface area contributed by atoms with Crippen LogP contribution in [0.4, 0.5) is 0 Å². The van der Waals surface area contributed by atoms with E-state index in [0.29, 0.717) is 5.92 Å². The largest absolute Gasteiger partial charge is 0.316 e. The van der Waals surface area contributed by atoms with Crippen LogP contribution in [-0.4, -0.2) is 27.9 Å². The van der Waals surface area contributed by atoms with Crippen LogP contribution in [-0.2, 0) is 0 Å². The molecule has 0 amide bonds. The molecule has 1 saturated heterocycles. The molecule has 2 aromatic heterocycles. The summed E-state index contributed by atoms with van der Waals surface area (Å²) in [6, 6.07) is 4.34. The first-order valence-electron chi connectivity index (χ1n) is 5.44. The number of pyridine rings is 1. The van der Waals surface area contributed by atoms with Crippen molar-refractivity contribution in [3.8, 4) is 0 Å². The van der Waals surface area contributed by atoms with Gasteiger partial charge < -0.3 is 5.32 Å². The van der Waals surface area contributed by atoms with Crippen molar-refractivity contribution in [3.63, 3.8) is 0 Å². The van der Waals surface area contributed by atoms with Gasteiger partial charge in [0.05, 0.1) is 11.7 Å². The molecule has 1 atom stereocenters. The monoisotopic (exact) mass is 202 g/mol. The number of nitrogens with zero attached hydrogens (tertiary/aromatic N) is 3. The van der Waals surface area contributed by atoms with Crippen LogP contribution >= 0.6 is 0 Å². The summed E-state index contributed by atoms with van der Waals surface area (Å²) in [5.74, 6) is 0.652. The molecule has 1 unspecified atom stereocenters. The summed E-state index contributed by atoms with van der Waals surface area (Å²) in [6.45, 7) is 2.25. The average Bonchev–Trinajstić information content (AvgIpc) is 2.77. The minimum atomic E-state index is 0.652. The summed E-state index contributed by atoms with van der Waals surface area (Å²) in [5.41, 5.74) is 2.48. The first kappa shape index (κ1) is 8.85. The standard InChI is InChI=1S/C11H14N4/c1-2-10(7-12-4-1)9-3-5-15-11(6-9)8-13-14-15/h3,5-6,8,10,12H,1-2,4,7H2. The molecule has 1 N–H and O–H groups in total. The van der Waals surface area contributed by atoms with Crippen LogP contribution in [0.3, 0.4) is 0 Å². The minimum absolute atomic E-state index is 0.652. The van der Waals surface area contributed by atoms with E-state index < -0.39 is 0 Å². The van der Waals surface area contributed by atoms with Crippen LogP contribution in [0.1, 0.15) is 24.3 Å². The Labute approximate surface area is 88.3 Å². The van der Waals surface area contributed by atoms with Crippen molar-refractivity contribution < 1.29 is 0 Å². The van der Waals surface area contributed by atoms with Crippen LogP contribution in [0.5, 0.6) is 0 Å². The number of rotatable bonds is 1. The maximum atomic E-state index is 3.96. The lowest BCUT2D eigenvalue weighted by Gasteiger charge is -2.22. The van der Waals surface area contributed by atoms with Crippen LogP contribution < -0.4 is 5.32 Å². The summed E-state index contributed by atoms with van der Waals surface area (Å²) in [4.78, 5) is 0. The summed E-state index contributed by atoms with van der Waals surface area (Å²) in [7, 11) is 0. The maximum absolute atomic E-state index is 3.96. The van der Waals surface area contributed by atoms with E-state index in [1.807, 2.05) is 6.20 Å². The lowest BCUT2D eigenvalue weighted by Crippen LogP contribution is -2.28. The fraction of sp³-hybridized carbons (Fsp3) is 0.455. The second kappa shape index (κ2) is 3.62. The minimum Gasteiger partial charge on any atom is -0.316 e. The molecule has 3 heterocycles. The van der Waals surface area contributed by atoms with Gasteiger partial charge in [0.15, 0.2) is 0 Å². The highest BCUT2D eigenvalue weighted by Crippen LogP contribution is 2.23. The van der Waals surface area contributed by atoms with Gasteiger partial charge in [-0.15, -0.1) is 5.10 Å². The average molecular weight is 202 g/mol. The zero-order chi connectivity index (χ0) is 10.1. The van der Waals surface area contributed by atoms with Gasteiger partial charge in [-0.25, -0.2) is 4.52 Å². The van der Waals surface area contributed by atoms with Crippen molar-refractivity contribution >= 4 is 5.52 Å². The Morgan fingerprint density at radius 3 is 3.33 bits per heavy atom. The van der Waals surface area contributed by atoms with Crippen molar-refractivity contribution in [1.29, 1.82) is 0 Å². The lowest BCUT2D eigenvalue weighted by atomic mass is 9.92. The second-order valence-electron chi connectivity index (χ2n) is 4.11. The van der Waals surface area contributed by atoms with Crippen LogP contribution in [0.15, 0.2) is 24.5 Å². The molecule has 0 aromatic carbocycles. The Balaban J connectivity index is 1.95. The first-order chi connectivity index (χ1) is 7.43. The summed E-state index contributed by atoms with van der Waals surface area (Å²) in [5, 5.41) is 11.3. The van der Waals surface area contributed by atoms with Crippen molar-refractivity contribution in [2.75, 3.05) is 13.1 Å². The van der Waals surface area contributed by atoms with Crippen molar-refractivity contribution in [3.05, 3.63) is 30.1 Å². The van der Waals surface area contributed by atoms with Gasteiger partial charge in [-0.1, -0.05) is 5.21 Å². The highest BCUT2D eigenvalue weighted by Gasteiger charge is 2.15. The molecule has 0 aliphatic carbocycles. The number of aromatic nitrogens is 3. The molecule has 0 bridgehead atoms. The predicted octanol–water partition coefficient (Wildman–Crippen LogP) is 1.20. The Morgan fingerprint density at radius 2 is 2.47 bits per heavy atom. The van der Waals surface area contributed by atoms with Gasteiger partial charge in [-0.2, -0.15) is 0 Å². The number of hydrogen-bond donors (Lipinski definition) is 1. The van der Waals surface area contributed by atoms with Crippen LogP contribution in [0, 0.1) is 0 Å². The highest BCUT2D eigenvalue weighted by molar-refractivity contribution is 5.46. The Kier molecular flexibility index (Phi) is 2.14. The topological polar surface area (TPSA) is 42.2 Å². The zero-order valence-corrected chi connectivity index (χ0v) is 8.56. The van der Waals surface area contributed by atoms with Gasteiger partial charge >= 0.3 is 0 Å². The van der Waals surface area contributed by atoms with E-state index in [0.717, 1.165) is 18.6 Å². The van der Waals surface area contributed by atoms with E-state index in [9.17, 15) is 0 Å². The second-order valence-corrected chi connectivity index (χ2v) is 4.11. The SMILES string of the molecule is c1cn2nncc2cc1C1CCCNC1. The van der Waals surface area contributed by atoms with Crippen LogP contribution in [0.2, 0.25) is 0 Å². The third-order valence-corrected chi connectivity index (χ3v) is 3.09. The molecule has 1 fully saturated rings. The molecule has 0 saturated carbocycles. The predicted molar refractivity (Wildman–Crippen MR) is 57.8 cm³/mol. The summed E-state index contributed by atoms with van der Waals surface area (Å²) >= 11 is 0. The summed E-state index contributed by atoms with van der Waals surface area (Å²) in [6.07, 6.45) is 6.35. The number of hydrogen-bond acceptors (Lipinski definition) is 3. The molecule has 78 valence electrons. The zero-order valence-electron chi connectivity index (χ0n) is 8.56. The van der Waals surface area contributed by atoms with Crippen molar-refractivity contribution in [1.82, 2.24) is 20.1 Å². The fourth-order valence-corrected chi connectivity index (χ4v) is 2.24. The Hall–Kier alpha value is -1.42. The van der Waals surface area contributed by atoms with Crippen LogP contribution in [0.25, 0.3) is 5.52 Å². The molecule has 0 spiro atoms. The van der Waals surface area contributed by atoms with Gasteiger partial charge in [0, 0.05) is 12.7 Å². The molecule has 0 radical (unpaired) electrons. The van der Waals surface area contributed by atoms with Gasteiger partial charge in [-0.3, -0.25) is 0 Å². The molecule has 15 heavy (non-hydrogen) atoms. The van der Waals surface area contributed by atoms with E-state index in [1.165, 1.54) is 18.4 Å². The molecule has 4 nitrogen and oxygen atoms in total. The van der Waals surface area contributed by atoms with Gasteiger partial charge in [-0.05, 0) is 43.0 Å². The van der Waals surface area contributed by atoms with E-state index >= 15 is 0 Å². The van der Waals surface area contributed by atoms with E-state index in [-0.39, 0.29) is 0 Å². The molecule has 1 aliphatic heterocycles. The van der Waals surface area contributed by atoms with Gasteiger partial charge in [0.2, 0.25) is 0 Å². The molecule has 2 aromatic rings. The molecular weight excluding hydrogens is 188 g/mol. The van der Waals surface area contributed by atoms with Gasteiger partial charge in [0.1, 0.15) is 0 Å². The number of nitrogens with one attached hydrogen (secondary N) is 1. The van der Waals surface area contributed by atoms with Gasteiger partial charge in [0.25, 0.3) is 0 Å². The normalized spacial score (nSPS) is 22.0. The van der Waals surface area contributed by atoms with E-state index in [1.54, 1.807) is 10.7 Å². The van der Waals surface area contributed by atoms with E-state index in [4.69, 9.17) is 0 Å². The first-order valence-corrected chi connectivity index (χ1v) is 5.44. The number of piperidine rings is 1. The third kappa shape index (κ3) is 1.61. The highest BCUT2D eigenvalue weighted by atomic mass is 15.4. The molecule has 4 heteroatoms. The summed E-state index contributed by atoms with van der Waals surface area (Å²) < 4.78 is 1.81. The lowest BCUT2D eigenvalue weighted by molar-refractivity contribution is 0.461. The quantitative estimate of drug-likeness (QED) is 0.755. The Morgan fingerprint density at radius 1 is 1.47 bits per heavy atom. The molecular formula is C11H14N4. The van der Waals surface area contributed by atoms with Crippen molar-refractivity contribution in [2.24, 2.45) is 0 Å². The fourth-order valence-electron chi connectivity index (χ4n) is 2.24. The number of fused-ring (bicyclic) bond motifs is 1. The maximum Gasteiger partial charge on any atom is 0.0867 e. The molecule has 3 rings (SSSR count). The van der Waals surface area contributed by atoms with E-state index in [2.05, 4.69) is 27.8 Å². The van der Waals surface area contributed by atoms with Crippen molar-refractivity contribution in [2.45, 2.75) is 18.8 Å².